The zero-order valence-corrected chi connectivity index (χ0v) is 47.2. The first-order valence-corrected chi connectivity index (χ1v) is 30.8. The summed E-state index contributed by atoms with van der Waals surface area (Å²) in [7, 11) is 0. The van der Waals surface area contributed by atoms with E-state index in [1.807, 2.05) is 0 Å². The summed E-state index contributed by atoms with van der Waals surface area (Å²) in [6.07, 6.45) is 75.5. The van der Waals surface area contributed by atoms with E-state index in [-0.39, 0.29) is 31.1 Å². The minimum Gasteiger partial charge on any atom is -0.462 e. The highest BCUT2D eigenvalue weighted by molar-refractivity contribution is 5.71. The first-order chi connectivity index (χ1) is 35.0. The molecule has 412 valence electrons. The Hall–Kier alpha value is -2.89. The molecule has 0 fully saturated rings. The SMILES string of the molecule is CC/C=C\C/C=C\C/C=C\C/C=C\CCCCCCC(=O)OC(COC(=O)CCCCCCCCC)COC(=O)CCCCCCCCCCCCCCCCCCC/C=C\CCCCCCCCCC. The predicted molar refractivity (Wildman–Crippen MR) is 307 cm³/mol. The Labute approximate surface area is 440 Å². The molecule has 0 bridgehead atoms. The molecule has 0 radical (unpaired) electrons. The van der Waals surface area contributed by atoms with Crippen LogP contribution in [0, 0.1) is 0 Å². The second kappa shape index (κ2) is 59.7. The van der Waals surface area contributed by atoms with Crippen molar-refractivity contribution in [2.75, 3.05) is 13.2 Å². The Kier molecular flexibility index (Phi) is 57.2. The quantitative estimate of drug-likeness (QED) is 0.0261. The van der Waals surface area contributed by atoms with Gasteiger partial charge >= 0.3 is 17.9 Å². The van der Waals surface area contributed by atoms with Gasteiger partial charge in [0.2, 0.25) is 0 Å². The van der Waals surface area contributed by atoms with Crippen LogP contribution in [-0.4, -0.2) is 37.2 Å². The van der Waals surface area contributed by atoms with E-state index in [9.17, 15) is 14.4 Å². The van der Waals surface area contributed by atoms with Crippen LogP contribution in [-0.2, 0) is 28.6 Å². The van der Waals surface area contributed by atoms with Gasteiger partial charge in [-0.25, -0.2) is 0 Å². The van der Waals surface area contributed by atoms with Gasteiger partial charge < -0.3 is 14.2 Å². The first kappa shape index (κ1) is 68.1. The van der Waals surface area contributed by atoms with Crippen molar-refractivity contribution in [3.8, 4) is 0 Å². The van der Waals surface area contributed by atoms with E-state index >= 15 is 0 Å². The fraction of sp³-hybridized carbons (Fsp3) is 0.800. The molecule has 0 amide bonds. The third-order valence-electron chi connectivity index (χ3n) is 13.5. The normalized spacial score (nSPS) is 12.4. The van der Waals surface area contributed by atoms with Crippen LogP contribution >= 0.6 is 0 Å². The number of ether oxygens (including phenoxy) is 3. The summed E-state index contributed by atoms with van der Waals surface area (Å²) in [5.74, 6) is -0.900. The van der Waals surface area contributed by atoms with E-state index in [0.29, 0.717) is 19.3 Å². The van der Waals surface area contributed by atoms with E-state index in [2.05, 4.69) is 81.5 Å². The highest BCUT2D eigenvalue weighted by Crippen LogP contribution is 2.17. The van der Waals surface area contributed by atoms with Crippen molar-refractivity contribution in [1.29, 1.82) is 0 Å². The molecule has 6 nitrogen and oxygen atoms in total. The van der Waals surface area contributed by atoms with Gasteiger partial charge in [-0.1, -0.05) is 274 Å². The van der Waals surface area contributed by atoms with Crippen molar-refractivity contribution in [1.82, 2.24) is 0 Å². The van der Waals surface area contributed by atoms with Gasteiger partial charge in [-0.3, -0.25) is 14.4 Å². The standard InChI is InChI=1S/C65H116O6/c1-4-7-10-13-16-18-20-22-24-26-27-28-29-30-31-32-33-34-35-36-37-39-40-42-44-46-49-52-55-58-64(67)70-61-62(60-69-63(66)57-54-51-48-15-12-9-6-3)71-65(68)59-56-53-50-47-45-43-41-38-25-23-21-19-17-14-11-8-5-2/h8,11,17,19,23,25-27,41,43,62H,4-7,9-10,12-16,18,20-22,24,28-40,42,44-61H2,1-3H3/b11-8-,19-17-,25-23-,27-26-,43-41-. The van der Waals surface area contributed by atoms with Crippen LogP contribution in [0.15, 0.2) is 60.8 Å². The van der Waals surface area contributed by atoms with E-state index in [0.717, 1.165) is 96.3 Å². The molecule has 0 aromatic heterocycles. The fourth-order valence-corrected chi connectivity index (χ4v) is 8.90. The summed E-state index contributed by atoms with van der Waals surface area (Å²) in [5.41, 5.74) is 0. The van der Waals surface area contributed by atoms with Crippen molar-refractivity contribution in [2.24, 2.45) is 0 Å². The second-order valence-electron chi connectivity index (χ2n) is 20.6. The van der Waals surface area contributed by atoms with Crippen LogP contribution < -0.4 is 0 Å². The molecule has 0 rings (SSSR count). The molecule has 0 aromatic rings. The molecule has 0 N–H and O–H groups in total. The maximum atomic E-state index is 12.8. The average molecular weight is 994 g/mol. The van der Waals surface area contributed by atoms with E-state index in [1.54, 1.807) is 0 Å². The number of unbranched alkanes of at least 4 members (excludes halogenated alkanes) is 35. The summed E-state index contributed by atoms with van der Waals surface area (Å²) in [4.78, 5) is 38.0. The zero-order chi connectivity index (χ0) is 51.4. The smallest absolute Gasteiger partial charge is 0.306 e. The molecular formula is C65H116O6. The van der Waals surface area contributed by atoms with Crippen molar-refractivity contribution in [3.63, 3.8) is 0 Å². The number of hydrogen-bond acceptors (Lipinski definition) is 6. The lowest BCUT2D eigenvalue weighted by atomic mass is 10.0. The summed E-state index contributed by atoms with van der Waals surface area (Å²) in [6.45, 7) is 6.49. The van der Waals surface area contributed by atoms with Gasteiger partial charge in [0.15, 0.2) is 6.10 Å². The lowest BCUT2D eigenvalue weighted by Gasteiger charge is -2.18. The van der Waals surface area contributed by atoms with Gasteiger partial charge in [-0.05, 0) is 83.5 Å². The van der Waals surface area contributed by atoms with Crippen LogP contribution in [0.2, 0.25) is 0 Å². The highest BCUT2D eigenvalue weighted by atomic mass is 16.6. The van der Waals surface area contributed by atoms with Gasteiger partial charge in [0.1, 0.15) is 13.2 Å². The number of carbonyl (C=O) groups is 3. The maximum absolute atomic E-state index is 12.8. The molecule has 71 heavy (non-hydrogen) atoms. The fourth-order valence-electron chi connectivity index (χ4n) is 8.90. The van der Waals surface area contributed by atoms with Crippen LogP contribution in [0.3, 0.4) is 0 Å². The van der Waals surface area contributed by atoms with Crippen LogP contribution in [0.25, 0.3) is 0 Å². The van der Waals surface area contributed by atoms with Crippen molar-refractivity contribution in [3.05, 3.63) is 60.8 Å². The molecule has 0 aliphatic rings. The Morgan fingerprint density at radius 2 is 0.549 bits per heavy atom. The number of esters is 3. The molecule has 0 saturated heterocycles. The number of carbonyl (C=O) groups excluding carboxylic acids is 3. The van der Waals surface area contributed by atoms with Gasteiger partial charge in [0.25, 0.3) is 0 Å². The Morgan fingerprint density at radius 1 is 0.296 bits per heavy atom. The molecule has 0 aromatic carbocycles. The summed E-state index contributed by atoms with van der Waals surface area (Å²) >= 11 is 0. The highest BCUT2D eigenvalue weighted by Gasteiger charge is 2.19. The second-order valence-corrected chi connectivity index (χ2v) is 20.6. The first-order valence-electron chi connectivity index (χ1n) is 30.8. The molecule has 1 unspecified atom stereocenters. The molecule has 0 heterocycles. The van der Waals surface area contributed by atoms with Crippen molar-refractivity contribution in [2.45, 2.75) is 322 Å². The number of hydrogen-bond donors (Lipinski definition) is 0. The third-order valence-corrected chi connectivity index (χ3v) is 13.5. The molecule has 1 atom stereocenters. The minimum absolute atomic E-state index is 0.0815. The minimum atomic E-state index is -0.783. The zero-order valence-electron chi connectivity index (χ0n) is 47.2. The predicted octanol–water partition coefficient (Wildman–Crippen LogP) is 20.8. The largest absolute Gasteiger partial charge is 0.462 e. The molecular weight excluding hydrogens is 877 g/mol. The molecule has 6 heteroatoms. The average Bonchev–Trinajstić information content (AvgIpc) is 3.37. The lowest BCUT2D eigenvalue weighted by Crippen LogP contribution is -2.30. The lowest BCUT2D eigenvalue weighted by molar-refractivity contribution is -0.167. The number of rotatable bonds is 56. The Balaban J connectivity index is 4.07. The van der Waals surface area contributed by atoms with Crippen molar-refractivity contribution < 1.29 is 28.6 Å². The summed E-state index contributed by atoms with van der Waals surface area (Å²) in [6, 6.07) is 0. The van der Waals surface area contributed by atoms with Crippen LogP contribution in [0.4, 0.5) is 0 Å². The van der Waals surface area contributed by atoms with Crippen LogP contribution in [0.1, 0.15) is 316 Å². The topological polar surface area (TPSA) is 78.9 Å². The Morgan fingerprint density at radius 3 is 0.873 bits per heavy atom. The van der Waals surface area contributed by atoms with Crippen molar-refractivity contribution >= 4 is 17.9 Å². The molecule has 0 aliphatic heterocycles. The van der Waals surface area contributed by atoms with Gasteiger partial charge in [-0.15, -0.1) is 0 Å². The van der Waals surface area contributed by atoms with Gasteiger partial charge in [0.05, 0.1) is 0 Å². The third kappa shape index (κ3) is 57.9. The monoisotopic (exact) mass is 993 g/mol. The Bertz CT molecular complexity index is 1280. The number of allylic oxidation sites excluding steroid dienone is 10. The van der Waals surface area contributed by atoms with Gasteiger partial charge in [-0.2, -0.15) is 0 Å². The molecule has 0 saturated carbocycles. The summed E-state index contributed by atoms with van der Waals surface area (Å²) in [5, 5.41) is 0. The van der Waals surface area contributed by atoms with E-state index in [4.69, 9.17) is 14.2 Å². The molecule has 0 aliphatic carbocycles. The van der Waals surface area contributed by atoms with E-state index in [1.165, 1.54) is 180 Å². The van der Waals surface area contributed by atoms with Gasteiger partial charge in [0, 0.05) is 19.3 Å². The van der Waals surface area contributed by atoms with E-state index < -0.39 is 6.10 Å². The summed E-state index contributed by atoms with van der Waals surface area (Å²) < 4.78 is 16.8. The maximum Gasteiger partial charge on any atom is 0.306 e. The molecule has 0 spiro atoms. The van der Waals surface area contributed by atoms with Crippen LogP contribution in [0.5, 0.6) is 0 Å².